The Hall–Kier alpha value is 0.120. The zero-order valence-corrected chi connectivity index (χ0v) is 15.2. The predicted molar refractivity (Wildman–Crippen MR) is 87.4 cm³/mol. The Balaban J connectivity index is 2.98. The van der Waals surface area contributed by atoms with E-state index in [1.807, 2.05) is 6.92 Å². The lowest BCUT2D eigenvalue weighted by molar-refractivity contribution is -0.224. The molecule has 0 aliphatic rings. The molecule has 0 fully saturated rings. The van der Waals surface area contributed by atoms with Gasteiger partial charge in [-0.2, -0.15) is 5.48 Å². The van der Waals surface area contributed by atoms with E-state index in [1.54, 1.807) is 23.0 Å². The van der Waals surface area contributed by atoms with Crippen molar-refractivity contribution < 1.29 is 31.9 Å². The van der Waals surface area contributed by atoms with Crippen molar-refractivity contribution >= 4 is 28.8 Å². The fraction of sp³-hybridized carbons (Fsp3) is 0.923. The van der Waals surface area contributed by atoms with Gasteiger partial charge in [-0.1, -0.05) is 6.92 Å². The highest BCUT2D eigenvalue weighted by Gasteiger charge is 1.97. The molecule has 132 valence electrons. The first-order chi connectivity index (χ1) is 10.8. The summed E-state index contributed by atoms with van der Waals surface area (Å²) in [6, 6.07) is 0. The fourth-order valence-corrected chi connectivity index (χ4v) is 1.43. The van der Waals surface area contributed by atoms with E-state index in [4.69, 9.17) is 18.9 Å². The highest BCUT2D eigenvalue weighted by atomic mass is 127. The Labute approximate surface area is 145 Å². The van der Waals surface area contributed by atoms with Gasteiger partial charge in [-0.15, -0.1) is 8.21 Å². The Kier molecular flexibility index (Phi) is 19.3. The molecule has 0 aromatic heterocycles. The number of ketones is 1. The van der Waals surface area contributed by atoms with Gasteiger partial charge in [-0.05, 0) is 0 Å². The van der Waals surface area contributed by atoms with Crippen LogP contribution in [0.15, 0.2) is 0 Å². The van der Waals surface area contributed by atoms with Gasteiger partial charge in [0.25, 0.3) is 0 Å². The van der Waals surface area contributed by atoms with Crippen molar-refractivity contribution in [1.82, 2.24) is 5.48 Å². The second kappa shape index (κ2) is 19.2. The van der Waals surface area contributed by atoms with Crippen molar-refractivity contribution in [3.63, 3.8) is 0 Å². The molecular formula is C13H26INO7. The van der Waals surface area contributed by atoms with Crippen LogP contribution in [0.5, 0.6) is 0 Å². The molecule has 0 aromatic rings. The topological polar surface area (TPSA) is 84.5 Å². The van der Waals surface area contributed by atoms with Crippen LogP contribution in [0.25, 0.3) is 0 Å². The van der Waals surface area contributed by atoms with Crippen LogP contribution in [0.3, 0.4) is 0 Å². The van der Waals surface area contributed by atoms with Crippen molar-refractivity contribution in [3.8, 4) is 0 Å². The summed E-state index contributed by atoms with van der Waals surface area (Å²) in [5, 5.41) is 0. The van der Waals surface area contributed by atoms with E-state index in [1.165, 1.54) is 0 Å². The van der Waals surface area contributed by atoms with Crippen molar-refractivity contribution in [3.05, 3.63) is 0 Å². The molecule has 0 saturated heterocycles. The number of hydroxylamine groups is 1. The minimum absolute atomic E-state index is 0.221. The van der Waals surface area contributed by atoms with Gasteiger partial charge in [0.1, 0.15) is 5.78 Å². The van der Waals surface area contributed by atoms with Gasteiger partial charge in [0.05, 0.1) is 52.9 Å². The molecule has 0 aliphatic carbocycles. The highest BCUT2D eigenvalue weighted by Crippen LogP contribution is 1.90. The van der Waals surface area contributed by atoms with Crippen LogP contribution in [0.1, 0.15) is 19.8 Å². The summed E-state index contributed by atoms with van der Waals surface area (Å²) < 4.78 is 25.5. The average molecular weight is 435 g/mol. The Bertz CT molecular complexity index is 246. The number of carbonyl (C=O) groups excluding carboxylic acids is 1. The first-order valence-electron chi connectivity index (χ1n) is 7.31. The van der Waals surface area contributed by atoms with E-state index >= 15 is 0 Å². The van der Waals surface area contributed by atoms with Gasteiger partial charge < -0.3 is 18.9 Å². The summed E-state index contributed by atoms with van der Waals surface area (Å²) >= 11 is 1.61. The van der Waals surface area contributed by atoms with Gasteiger partial charge in [-0.3, -0.25) is 4.79 Å². The Morgan fingerprint density at radius 2 is 1.36 bits per heavy atom. The molecule has 0 spiro atoms. The highest BCUT2D eigenvalue weighted by molar-refractivity contribution is 14.1. The van der Waals surface area contributed by atoms with Crippen molar-refractivity contribution in [2.45, 2.75) is 19.8 Å². The summed E-state index contributed by atoms with van der Waals surface area (Å²) in [6.07, 6.45) is 1.05. The molecule has 0 heterocycles. The molecule has 0 radical (unpaired) electrons. The van der Waals surface area contributed by atoms with Crippen molar-refractivity contribution in [1.29, 1.82) is 0 Å². The van der Waals surface area contributed by atoms with E-state index in [2.05, 4.69) is 13.7 Å². The summed E-state index contributed by atoms with van der Waals surface area (Å²) in [6.45, 7) is 6.43. The molecule has 22 heavy (non-hydrogen) atoms. The van der Waals surface area contributed by atoms with Crippen LogP contribution >= 0.6 is 23.0 Å². The molecule has 0 saturated carbocycles. The van der Waals surface area contributed by atoms with E-state index in [0.717, 1.165) is 0 Å². The normalized spacial score (nSPS) is 11.0. The summed E-state index contributed by atoms with van der Waals surface area (Å²) in [5.74, 6) is 0.221. The Morgan fingerprint density at radius 1 is 0.864 bits per heavy atom. The van der Waals surface area contributed by atoms with Crippen molar-refractivity contribution in [2.24, 2.45) is 0 Å². The number of hydrogen-bond acceptors (Lipinski definition) is 8. The maximum Gasteiger partial charge on any atom is 0.157 e. The lowest BCUT2D eigenvalue weighted by atomic mass is 10.2. The number of halogens is 1. The van der Waals surface area contributed by atoms with Crippen LogP contribution in [-0.4, -0.2) is 65.2 Å². The first-order valence-corrected chi connectivity index (χ1v) is 8.19. The van der Waals surface area contributed by atoms with Crippen LogP contribution in [0, 0.1) is 0 Å². The number of hydrogen-bond donors (Lipinski definition) is 1. The molecule has 0 bridgehead atoms. The third-order valence-electron chi connectivity index (χ3n) is 2.47. The van der Waals surface area contributed by atoms with E-state index < -0.39 is 0 Å². The largest absolute Gasteiger partial charge is 0.379 e. The molecule has 0 unspecified atom stereocenters. The van der Waals surface area contributed by atoms with Crippen LogP contribution in [-0.2, 0) is 31.9 Å². The number of ether oxygens (including phenoxy) is 4. The monoisotopic (exact) mass is 435 g/mol. The second-order valence-electron chi connectivity index (χ2n) is 4.13. The van der Waals surface area contributed by atoms with Gasteiger partial charge in [0, 0.05) is 19.4 Å². The van der Waals surface area contributed by atoms with E-state index in [-0.39, 0.29) is 5.78 Å². The number of Topliss-reactive ketones (excluding diaryl/α,β-unsaturated/α-hetero) is 1. The van der Waals surface area contributed by atoms with Gasteiger partial charge in [0.15, 0.2) is 23.0 Å². The van der Waals surface area contributed by atoms with E-state index in [0.29, 0.717) is 72.2 Å². The maximum absolute atomic E-state index is 11.0. The standard InChI is InChI=1S/C13H26INO7/c1-2-13(16)3-5-17-7-9-19-11-12-20-10-8-18-6-4-15-22-21-14/h15H,2-12H2,1H3. The van der Waals surface area contributed by atoms with E-state index in [9.17, 15) is 4.79 Å². The molecule has 0 aromatic carbocycles. The lowest BCUT2D eigenvalue weighted by Crippen LogP contribution is -2.20. The SMILES string of the molecule is CCC(=O)CCOCCOCCOCCOCCNOOI. The molecule has 0 rings (SSSR count). The summed E-state index contributed by atoms with van der Waals surface area (Å²) in [7, 11) is 0. The van der Waals surface area contributed by atoms with Gasteiger partial charge >= 0.3 is 0 Å². The third-order valence-corrected chi connectivity index (χ3v) is 2.65. The number of rotatable bonds is 18. The predicted octanol–water partition coefficient (Wildman–Crippen LogP) is 1.22. The minimum atomic E-state index is 0.221. The van der Waals surface area contributed by atoms with Gasteiger partial charge in [0.2, 0.25) is 0 Å². The molecule has 0 atom stereocenters. The molecule has 0 amide bonds. The van der Waals surface area contributed by atoms with Crippen LogP contribution < -0.4 is 5.48 Å². The second-order valence-corrected chi connectivity index (χ2v) is 4.49. The first kappa shape index (κ1) is 22.1. The zero-order chi connectivity index (χ0) is 16.3. The zero-order valence-electron chi connectivity index (χ0n) is 13.0. The molecular weight excluding hydrogens is 409 g/mol. The number of nitrogens with one attached hydrogen (secondary N) is 1. The quantitative estimate of drug-likeness (QED) is 0.149. The van der Waals surface area contributed by atoms with Crippen LogP contribution in [0.4, 0.5) is 0 Å². The molecule has 9 heteroatoms. The third kappa shape index (κ3) is 18.2. The summed E-state index contributed by atoms with van der Waals surface area (Å²) in [5.41, 5.74) is 2.54. The smallest absolute Gasteiger partial charge is 0.157 e. The summed E-state index contributed by atoms with van der Waals surface area (Å²) in [4.78, 5) is 15.4. The number of carbonyl (C=O) groups is 1. The Morgan fingerprint density at radius 3 is 1.86 bits per heavy atom. The van der Waals surface area contributed by atoms with Gasteiger partial charge in [-0.25, -0.2) is 0 Å². The molecule has 0 aliphatic heterocycles. The maximum atomic E-state index is 11.0. The van der Waals surface area contributed by atoms with Crippen LogP contribution in [0.2, 0.25) is 0 Å². The van der Waals surface area contributed by atoms with Crippen molar-refractivity contribution in [2.75, 3.05) is 59.4 Å². The molecule has 8 nitrogen and oxygen atoms in total. The average Bonchev–Trinajstić information content (AvgIpc) is 2.54. The molecule has 1 N–H and O–H groups in total. The fourth-order valence-electron chi connectivity index (χ4n) is 1.30. The minimum Gasteiger partial charge on any atom is -0.379 e. The lowest BCUT2D eigenvalue weighted by Gasteiger charge is -2.07.